The third-order valence-electron chi connectivity index (χ3n) is 2.52. The smallest absolute Gasteiger partial charge is 0.340 e. The molecule has 0 saturated carbocycles. The molecule has 0 heterocycles. The van der Waals surface area contributed by atoms with E-state index in [1.165, 1.54) is 33.5 Å². The van der Waals surface area contributed by atoms with Crippen LogP contribution in [-0.4, -0.2) is 33.2 Å². The number of hydrogen-bond acceptors (Lipinski definition) is 5. The van der Waals surface area contributed by atoms with Crippen LogP contribution in [-0.2, 0) is 9.53 Å². The van der Waals surface area contributed by atoms with Gasteiger partial charge in [0.15, 0.2) is 11.5 Å². The van der Waals surface area contributed by atoms with E-state index in [0.29, 0.717) is 23.6 Å². The van der Waals surface area contributed by atoms with Crippen molar-refractivity contribution in [1.82, 2.24) is 0 Å². The first-order valence-electron chi connectivity index (χ1n) is 5.71. The van der Waals surface area contributed by atoms with Crippen LogP contribution in [0.15, 0.2) is 12.1 Å². The molecule has 0 saturated heterocycles. The van der Waals surface area contributed by atoms with E-state index in [0.717, 1.165) is 0 Å². The minimum absolute atomic E-state index is 0.210. The lowest BCUT2D eigenvalue weighted by Crippen LogP contribution is -2.14. The highest BCUT2D eigenvalue weighted by Gasteiger charge is 2.18. The second kappa shape index (κ2) is 6.63. The molecule has 0 fully saturated rings. The van der Waals surface area contributed by atoms with Crippen LogP contribution in [0.25, 0.3) is 0 Å². The Morgan fingerprint density at radius 3 is 2.16 bits per heavy atom. The molecule has 6 heteroatoms. The highest BCUT2D eigenvalue weighted by atomic mass is 16.5. The van der Waals surface area contributed by atoms with Gasteiger partial charge >= 0.3 is 5.97 Å². The number of hydrogen-bond donors (Lipinski definition) is 1. The number of benzene rings is 1. The molecule has 104 valence electrons. The first kappa shape index (κ1) is 14.8. The highest BCUT2D eigenvalue weighted by molar-refractivity contribution is 6.02. The molecule has 0 bridgehead atoms. The Morgan fingerprint density at radius 1 is 1.11 bits per heavy atom. The van der Waals surface area contributed by atoms with E-state index in [9.17, 15) is 9.59 Å². The summed E-state index contributed by atoms with van der Waals surface area (Å²) in [6.07, 6.45) is 0.301. The van der Waals surface area contributed by atoms with Crippen molar-refractivity contribution in [3.8, 4) is 11.5 Å². The molecular formula is C13H17NO5. The van der Waals surface area contributed by atoms with Crippen LogP contribution in [0.1, 0.15) is 23.7 Å². The largest absolute Gasteiger partial charge is 0.493 e. The molecule has 1 aromatic carbocycles. The lowest BCUT2D eigenvalue weighted by atomic mass is 10.1. The number of ether oxygens (including phenoxy) is 3. The van der Waals surface area contributed by atoms with Gasteiger partial charge in [-0.2, -0.15) is 0 Å². The Hall–Kier alpha value is -2.24. The van der Waals surface area contributed by atoms with E-state index in [1.807, 2.05) is 0 Å². The topological polar surface area (TPSA) is 73.9 Å². The maximum absolute atomic E-state index is 11.7. The minimum atomic E-state index is -0.563. The maximum atomic E-state index is 11.7. The summed E-state index contributed by atoms with van der Waals surface area (Å²) in [6.45, 7) is 1.72. The summed E-state index contributed by atoms with van der Waals surface area (Å²) in [4.78, 5) is 23.2. The number of rotatable bonds is 5. The van der Waals surface area contributed by atoms with Crippen LogP contribution < -0.4 is 14.8 Å². The predicted octanol–water partition coefficient (Wildman–Crippen LogP) is 1.84. The van der Waals surface area contributed by atoms with Crippen molar-refractivity contribution in [1.29, 1.82) is 0 Å². The van der Waals surface area contributed by atoms with E-state index in [1.54, 1.807) is 6.92 Å². The fourth-order valence-corrected chi connectivity index (χ4v) is 1.50. The zero-order chi connectivity index (χ0) is 14.4. The van der Waals surface area contributed by atoms with Crippen LogP contribution in [0.4, 0.5) is 5.69 Å². The second-order valence-electron chi connectivity index (χ2n) is 3.65. The molecule has 0 radical (unpaired) electrons. The number of nitrogens with one attached hydrogen (secondary N) is 1. The molecule has 1 amide bonds. The summed E-state index contributed by atoms with van der Waals surface area (Å²) in [5.74, 6) is 0.0312. The van der Waals surface area contributed by atoms with Crippen LogP contribution in [0.3, 0.4) is 0 Å². The SMILES string of the molecule is CCC(=O)Nc1cc(OC)c(OC)cc1C(=O)OC. The van der Waals surface area contributed by atoms with Crippen molar-refractivity contribution < 1.29 is 23.8 Å². The van der Waals surface area contributed by atoms with Gasteiger partial charge in [0.05, 0.1) is 32.6 Å². The number of carbonyl (C=O) groups is 2. The number of esters is 1. The van der Waals surface area contributed by atoms with Gasteiger partial charge in [0, 0.05) is 18.6 Å². The zero-order valence-electron chi connectivity index (χ0n) is 11.4. The summed E-state index contributed by atoms with van der Waals surface area (Å²) in [5.41, 5.74) is 0.540. The monoisotopic (exact) mass is 267 g/mol. The summed E-state index contributed by atoms with van der Waals surface area (Å²) in [6, 6.07) is 2.99. The fourth-order valence-electron chi connectivity index (χ4n) is 1.50. The fraction of sp³-hybridized carbons (Fsp3) is 0.385. The van der Waals surface area contributed by atoms with Crippen molar-refractivity contribution in [2.75, 3.05) is 26.6 Å². The molecule has 0 atom stereocenters. The predicted molar refractivity (Wildman–Crippen MR) is 69.8 cm³/mol. The van der Waals surface area contributed by atoms with Crippen molar-refractivity contribution in [2.45, 2.75) is 13.3 Å². The van der Waals surface area contributed by atoms with Crippen molar-refractivity contribution >= 4 is 17.6 Å². The summed E-state index contributed by atoms with van der Waals surface area (Å²) >= 11 is 0. The number of anilines is 1. The second-order valence-corrected chi connectivity index (χ2v) is 3.65. The average molecular weight is 267 g/mol. The van der Waals surface area contributed by atoms with E-state index < -0.39 is 5.97 Å². The van der Waals surface area contributed by atoms with Crippen LogP contribution in [0.2, 0.25) is 0 Å². The number of amides is 1. The van der Waals surface area contributed by atoms with Gasteiger partial charge in [0.2, 0.25) is 5.91 Å². The molecule has 1 rings (SSSR count). The van der Waals surface area contributed by atoms with E-state index in [-0.39, 0.29) is 11.5 Å². The Labute approximate surface area is 111 Å². The quantitative estimate of drug-likeness (QED) is 0.824. The minimum Gasteiger partial charge on any atom is -0.493 e. The molecule has 0 aromatic heterocycles. The van der Waals surface area contributed by atoms with Gasteiger partial charge in [-0.05, 0) is 0 Å². The number of carbonyl (C=O) groups excluding carboxylic acids is 2. The normalized spacial score (nSPS) is 9.68. The standard InChI is InChI=1S/C13H17NO5/c1-5-12(15)14-9-7-11(18-3)10(17-2)6-8(9)13(16)19-4/h6-7H,5H2,1-4H3,(H,14,15). The lowest BCUT2D eigenvalue weighted by Gasteiger charge is -2.14. The van der Waals surface area contributed by atoms with Gasteiger partial charge in [-0.3, -0.25) is 4.79 Å². The lowest BCUT2D eigenvalue weighted by molar-refractivity contribution is -0.115. The Morgan fingerprint density at radius 2 is 1.68 bits per heavy atom. The molecule has 1 N–H and O–H groups in total. The molecule has 0 aliphatic rings. The summed E-state index contributed by atoms with van der Waals surface area (Å²) < 4.78 is 14.9. The molecule has 19 heavy (non-hydrogen) atoms. The van der Waals surface area contributed by atoms with Gasteiger partial charge in [-0.15, -0.1) is 0 Å². The van der Waals surface area contributed by atoms with Gasteiger partial charge in [-0.25, -0.2) is 4.79 Å². The Balaban J connectivity index is 3.31. The third-order valence-corrected chi connectivity index (χ3v) is 2.52. The van der Waals surface area contributed by atoms with Crippen molar-refractivity contribution in [3.05, 3.63) is 17.7 Å². The van der Waals surface area contributed by atoms with Crippen molar-refractivity contribution in [3.63, 3.8) is 0 Å². The van der Waals surface area contributed by atoms with E-state index >= 15 is 0 Å². The third kappa shape index (κ3) is 3.37. The van der Waals surface area contributed by atoms with Crippen LogP contribution >= 0.6 is 0 Å². The van der Waals surface area contributed by atoms with Crippen LogP contribution in [0.5, 0.6) is 11.5 Å². The molecule has 0 aliphatic carbocycles. The molecule has 0 aliphatic heterocycles. The Kier molecular flexibility index (Phi) is 5.17. The van der Waals surface area contributed by atoms with E-state index in [4.69, 9.17) is 9.47 Å². The molecular weight excluding hydrogens is 250 g/mol. The molecule has 1 aromatic rings. The van der Waals surface area contributed by atoms with Gasteiger partial charge in [0.25, 0.3) is 0 Å². The molecule has 6 nitrogen and oxygen atoms in total. The van der Waals surface area contributed by atoms with Crippen LogP contribution in [0, 0.1) is 0 Å². The maximum Gasteiger partial charge on any atom is 0.340 e. The molecule has 0 unspecified atom stereocenters. The van der Waals surface area contributed by atoms with Gasteiger partial charge in [-0.1, -0.05) is 6.92 Å². The average Bonchev–Trinajstić information content (AvgIpc) is 2.45. The summed E-state index contributed by atoms with van der Waals surface area (Å²) in [7, 11) is 4.20. The molecule has 0 spiro atoms. The highest BCUT2D eigenvalue weighted by Crippen LogP contribution is 2.33. The van der Waals surface area contributed by atoms with Gasteiger partial charge < -0.3 is 19.5 Å². The Bertz CT molecular complexity index is 484. The van der Waals surface area contributed by atoms with Crippen molar-refractivity contribution in [2.24, 2.45) is 0 Å². The van der Waals surface area contributed by atoms with Gasteiger partial charge in [0.1, 0.15) is 0 Å². The zero-order valence-corrected chi connectivity index (χ0v) is 11.4. The van der Waals surface area contributed by atoms with E-state index in [2.05, 4.69) is 10.1 Å². The number of methoxy groups -OCH3 is 3. The first-order valence-corrected chi connectivity index (χ1v) is 5.71. The first-order chi connectivity index (χ1) is 9.07. The summed E-state index contributed by atoms with van der Waals surface area (Å²) in [5, 5.41) is 2.63.